The van der Waals surface area contributed by atoms with E-state index < -0.39 is 17.7 Å². The number of pyridine rings is 1. The Labute approximate surface area is 255 Å². The molecule has 1 aliphatic heterocycles. The lowest BCUT2D eigenvalue weighted by molar-refractivity contribution is -0.132. The van der Waals surface area contributed by atoms with Gasteiger partial charge in [0.2, 0.25) is 5.13 Å². The fourth-order valence-electron chi connectivity index (χ4n) is 4.26. The highest BCUT2D eigenvalue weighted by Crippen LogP contribution is 2.44. The third-order valence-electron chi connectivity index (χ3n) is 6.31. The van der Waals surface area contributed by atoms with Crippen molar-refractivity contribution in [3.8, 4) is 5.75 Å². The lowest BCUT2D eigenvalue weighted by atomic mass is 9.95. The number of benzene rings is 2. The van der Waals surface area contributed by atoms with Crippen molar-refractivity contribution in [2.75, 3.05) is 11.5 Å². The molecule has 41 heavy (non-hydrogen) atoms. The van der Waals surface area contributed by atoms with Crippen LogP contribution in [0.25, 0.3) is 5.76 Å². The van der Waals surface area contributed by atoms with E-state index in [1.807, 2.05) is 12.1 Å². The van der Waals surface area contributed by atoms with E-state index in [9.17, 15) is 14.7 Å². The molecule has 4 aromatic rings. The van der Waals surface area contributed by atoms with Crippen LogP contribution in [0, 0.1) is 0 Å². The molecule has 1 unspecified atom stereocenters. The number of hydrogen-bond acceptors (Lipinski definition) is 9. The summed E-state index contributed by atoms with van der Waals surface area (Å²) in [6.07, 6.45) is 4.87. The number of ketones is 1. The maximum Gasteiger partial charge on any atom is 0.301 e. The van der Waals surface area contributed by atoms with Gasteiger partial charge in [-0.05, 0) is 53.9 Å². The maximum absolute atomic E-state index is 13.5. The molecular formula is C29H24Cl2N4O4S2. The second-order valence-corrected chi connectivity index (χ2v) is 12.1. The lowest BCUT2D eigenvalue weighted by Crippen LogP contribution is -2.29. The Hall–Kier alpha value is -3.44. The van der Waals surface area contributed by atoms with E-state index in [0.717, 1.165) is 18.4 Å². The number of aliphatic hydroxyl groups is 1. The number of aromatic nitrogens is 3. The number of Topliss-reactive ketones (excluding diaryl/α,β-unsaturated/α-hetero) is 1. The van der Waals surface area contributed by atoms with E-state index in [1.165, 1.54) is 40.4 Å². The molecule has 0 bridgehead atoms. The van der Waals surface area contributed by atoms with E-state index in [2.05, 4.69) is 22.1 Å². The van der Waals surface area contributed by atoms with Gasteiger partial charge >= 0.3 is 5.91 Å². The van der Waals surface area contributed by atoms with Gasteiger partial charge < -0.3 is 9.84 Å². The number of carbonyl (C=O) groups is 2. The number of amides is 1. The van der Waals surface area contributed by atoms with E-state index in [-0.39, 0.29) is 16.5 Å². The van der Waals surface area contributed by atoms with Crippen LogP contribution in [-0.2, 0) is 15.3 Å². The summed E-state index contributed by atoms with van der Waals surface area (Å²) in [6, 6.07) is 14.6. The first kappa shape index (κ1) is 29.1. The lowest BCUT2D eigenvalue weighted by Gasteiger charge is -2.23. The van der Waals surface area contributed by atoms with Crippen LogP contribution in [0.2, 0.25) is 10.0 Å². The minimum atomic E-state index is -0.950. The zero-order valence-corrected chi connectivity index (χ0v) is 24.9. The van der Waals surface area contributed by atoms with Gasteiger partial charge in [-0.2, -0.15) is 0 Å². The first-order valence-electron chi connectivity index (χ1n) is 12.7. The number of carbonyl (C=O) groups excluding carboxylic acids is 2. The van der Waals surface area contributed by atoms with Gasteiger partial charge in [-0.15, -0.1) is 10.2 Å². The molecule has 210 valence electrons. The zero-order valence-electron chi connectivity index (χ0n) is 21.8. The first-order chi connectivity index (χ1) is 19.9. The van der Waals surface area contributed by atoms with E-state index in [1.54, 1.807) is 42.5 Å². The van der Waals surface area contributed by atoms with E-state index in [4.69, 9.17) is 27.9 Å². The number of halogens is 2. The van der Waals surface area contributed by atoms with Crippen LogP contribution in [0.15, 0.2) is 76.9 Å². The predicted octanol–water partition coefficient (Wildman–Crippen LogP) is 7.34. The largest absolute Gasteiger partial charge is 0.507 e. The van der Waals surface area contributed by atoms with Crippen molar-refractivity contribution in [1.29, 1.82) is 0 Å². The highest BCUT2D eigenvalue weighted by Gasteiger charge is 2.48. The number of unbranched alkanes of at least 4 members (excludes halogenated alkanes) is 1. The second-order valence-electron chi connectivity index (χ2n) is 9.05. The SMILES string of the molecule is CCCCOc1cccc(C2C(=C(O)c3ccncc3)C(=O)C(=O)N2c2nnc(SCc3ccc(Cl)cc3Cl)s2)c1. The highest BCUT2D eigenvalue weighted by molar-refractivity contribution is 8.00. The summed E-state index contributed by atoms with van der Waals surface area (Å²) in [5, 5.41) is 21.1. The Kier molecular flexibility index (Phi) is 9.24. The van der Waals surface area contributed by atoms with Crippen LogP contribution in [0.1, 0.15) is 42.5 Å². The minimum absolute atomic E-state index is 0.0516. The fraction of sp³-hybridized carbons (Fsp3) is 0.207. The second kappa shape index (κ2) is 13.0. The Balaban J connectivity index is 1.52. The molecule has 1 N–H and O–H groups in total. The number of rotatable bonds is 10. The van der Waals surface area contributed by atoms with Gasteiger partial charge in [0.15, 0.2) is 4.34 Å². The molecule has 0 spiro atoms. The maximum atomic E-state index is 13.5. The Morgan fingerprint density at radius 2 is 1.90 bits per heavy atom. The smallest absolute Gasteiger partial charge is 0.301 e. The topological polar surface area (TPSA) is 106 Å². The summed E-state index contributed by atoms with van der Waals surface area (Å²) in [4.78, 5) is 32.2. The molecule has 1 saturated heterocycles. The van der Waals surface area contributed by atoms with Crippen LogP contribution >= 0.6 is 46.3 Å². The molecule has 1 fully saturated rings. The number of aliphatic hydroxyl groups excluding tert-OH is 1. The van der Waals surface area contributed by atoms with Crippen molar-refractivity contribution < 1.29 is 19.4 Å². The predicted molar refractivity (Wildman–Crippen MR) is 162 cm³/mol. The Morgan fingerprint density at radius 3 is 2.66 bits per heavy atom. The molecular weight excluding hydrogens is 603 g/mol. The third-order valence-corrected chi connectivity index (χ3v) is 9.00. The standard InChI is InChI=1S/C29H24Cl2N4O4S2/c1-2-3-13-39-21-6-4-5-18(14-21)24-23(25(36)17-9-11-32-12-10-17)26(37)27(38)35(24)28-33-34-29(41-28)40-16-19-7-8-20(30)15-22(19)31/h4-12,14-15,24,36H,2-3,13,16H2,1H3. The molecule has 1 amide bonds. The van der Waals surface area contributed by atoms with Gasteiger partial charge in [-0.25, -0.2) is 0 Å². The van der Waals surface area contributed by atoms with Crippen LogP contribution in [0.4, 0.5) is 5.13 Å². The number of hydrogen-bond donors (Lipinski definition) is 1. The number of thioether (sulfide) groups is 1. The van der Waals surface area contributed by atoms with Crippen molar-refractivity contribution in [2.24, 2.45) is 0 Å². The van der Waals surface area contributed by atoms with Crippen LogP contribution in [-0.4, -0.2) is 38.6 Å². The molecule has 5 rings (SSSR count). The molecule has 1 aliphatic rings. The average Bonchev–Trinajstić information content (AvgIpc) is 3.55. The van der Waals surface area contributed by atoms with Crippen molar-refractivity contribution in [3.05, 3.63) is 99.3 Å². The average molecular weight is 628 g/mol. The van der Waals surface area contributed by atoms with Gasteiger partial charge in [-0.1, -0.05) is 77.8 Å². The van der Waals surface area contributed by atoms with Crippen molar-refractivity contribution in [1.82, 2.24) is 15.2 Å². The van der Waals surface area contributed by atoms with Crippen LogP contribution < -0.4 is 9.64 Å². The number of nitrogens with zero attached hydrogens (tertiary/aromatic N) is 4. The summed E-state index contributed by atoms with van der Waals surface area (Å²) in [6.45, 7) is 2.61. The van der Waals surface area contributed by atoms with Crippen LogP contribution in [0.3, 0.4) is 0 Å². The molecule has 2 aromatic carbocycles. The quantitative estimate of drug-likeness (QED) is 0.0487. The summed E-state index contributed by atoms with van der Waals surface area (Å²) >= 11 is 14.9. The molecule has 0 aliphatic carbocycles. The van der Waals surface area contributed by atoms with Crippen molar-refractivity contribution in [3.63, 3.8) is 0 Å². The van der Waals surface area contributed by atoms with Crippen LogP contribution in [0.5, 0.6) is 5.75 Å². The summed E-state index contributed by atoms with van der Waals surface area (Å²) in [5.41, 5.74) is 1.78. The molecule has 2 aromatic heterocycles. The van der Waals surface area contributed by atoms with E-state index >= 15 is 0 Å². The van der Waals surface area contributed by atoms with E-state index in [0.29, 0.717) is 43.6 Å². The molecule has 1 atom stereocenters. The molecule has 3 heterocycles. The van der Waals surface area contributed by atoms with Gasteiger partial charge in [0.05, 0.1) is 18.2 Å². The Morgan fingerprint density at radius 1 is 1.10 bits per heavy atom. The van der Waals surface area contributed by atoms with Crippen molar-refractivity contribution >= 4 is 68.9 Å². The summed E-state index contributed by atoms with van der Waals surface area (Å²) in [5.74, 6) is -0.826. The molecule has 0 radical (unpaired) electrons. The Bertz CT molecular complexity index is 1610. The molecule has 8 nitrogen and oxygen atoms in total. The molecule has 0 saturated carbocycles. The molecule has 12 heteroatoms. The third kappa shape index (κ3) is 6.41. The van der Waals surface area contributed by atoms with Crippen molar-refractivity contribution in [2.45, 2.75) is 35.9 Å². The minimum Gasteiger partial charge on any atom is -0.507 e. The zero-order chi connectivity index (χ0) is 28.9. The van der Waals surface area contributed by atoms with Gasteiger partial charge in [-0.3, -0.25) is 19.5 Å². The highest BCUT2D eigenvalue weighted by atomic mass is 35.5. The number of anilines is 1. The number of ether oxygens (including phenoxy) is 1. The first-order valence-corrected chi connectivity index (χ1v) is 15.3. The fourth-order valence-corrected chi connectivity index (χ4v) is 6.68. The normalized spacial score (nSPS) is 16.4. The van der Waals surface area contributed by atoms with Gasteiger partial charge in [0, 0.05) is 33.8 Å². The monoisotopic (exact) mass is 626 g/mol. The van der Waals surface area contributed by atoms with Gasteiger partial charge in [0.25, 0.3) is 5.78 Å². The summed E-state index contributed by atoms with van der Waals surface area (Å²) < 4.78 is 6.47. The van der Waals surface area contributed by atoms with Gasteiger partial charge in [0.1, 0.15) is 11.5 Å². The summed E-state index contributed by atoms with van der Waals surface area (Å²) in [7, 11) is 0.